The average Bonchev–Trinajstić information content (AvgIpc) is 3.25. The first kappa shape index (κ1) is 20.3. The summed E-state index contributed by atoms with van der Waals surface area (Å²) in [6, 6.07) is 18.4. The molecule has 1 N–H and O–H groups in total. The number of hydrogen-bond acceptors (Lipinski definition) is 5. The number of para-hydroxylation sites is 1. The number of piperazine rings is 1. The molecule has 5 nitrogen and oxygen atoms in total. The van der Waals surface area contributed by atoms with Crippen molar-refractivity contribution >= 4 is 34.1 Å². The van der Waals surface area contributed by atoms with Gasteiger partial charge < -0.3 is 10.2 Å². The minimum atomic E-state index is 0.0172. The van der Waals surface area contributed by atoms with Crippen LogP contribution in [-0.4, -0.2) is 53.4 Å². The first-order chi connectivity index (χ1) is 14.7. The van der Waals surface area contributed by atoms with Gasteiger partial charge in [-0.05, 0) is 24.1 Å². The molecule has 1 saturated heterocycles. The molecule has 4 rings (SSSR count). The largest absolute Gasteiger partial charge is 0.335 e. The molecule has 0 spiro atoms. The monoisotopic (exact) mass is 418 g/mol. The van der Waals surface area contributed by atoms with Crippen molar-refractivity contribution in [2.45, 2.75) is 6.92 Å². The number of amides is 1. The lowest BCUT2D eigenvalue weighted by molar-refractivity contribution is 0.0645. The summed E-state index contributed by atoms with van der Waals surface area (Å²) in [5, 5.41) is 5.91. The number of thiazole rings is 1. The number of rotatable bonds is 6. The second-order valence-corrected chi connectivity index (χ2v) is 8.24. The highest BCUT2D eigenvalue weighted by atomic mass is 32.1. The van der Waals surface area contributed by atoms with Gasteiger partial charge in [-0.1, -0.05) is 60.7 Å². The van der Waals surface area contributed by atoms with Crippen molar-refractivity contribution in [1.82, 2.24) is 14.8 Å². The van der Waals surface area contributed by atoms with E-state index in [9.17, 15) is 4.79 Å². The zero-order chi connectivity index (χ0) is 20.8. The van der Waals surface area contributed by atoms with Gasteiger partial charge in [-0.3, -0.25) is 9.69 Å². The number of benzene rings is 2. The SMILES string of the molecule is Cc1ccccc1Nc1nc(C(=O)N2CCN(CC=Cc3ccccc3)CC2)cs1. The molecular weight excluding hydrogens is 392 g/mol. The van der Waals surface area contributed by atoms with Crippen LogP contribution in [0.3, 0.4) is 0 Å². The van der Waals surface area contributed by atoms with Gasteiger partial charge in [-0.15, -0.1) is 11.3 Å². The topological polar surface area (TPSA) is 48.5 Å². The van der Waals surface area contributed by atoms with Crippen LogP contribution in [-0.2, 0) is 0 Å². The predicted octanol–water partition coefficient (Wildman–Crippen LogP) is 4.67. The van der Waals surface area contributed by atoms with Crippen LogP contribution >= 0.6 is 11.3 Å². The van der Waals surface area contributed by atoms with Crippen molar-refractivity contribution in [2.75, 3.05) is 38.0 Å². The van der Waals surface area contributed by atoms with Crippen LogP contribution in [0.4, 0.5) is 10.8 Å². The molecule has 0 bridgehead atoms. The smallest absolute Gasteiger partial charge is 0.273 e. The fourth-order valence-corrected chi connectivity index (χ4v) is 4.15. The summed E-state index contributed by atoms with van der Waals surface area (Å²) in [6.07, 6.45) is 4.34. The Kier molecular flexibility index (Phi) is 6.57. The van der Waals surface area contributed by atoms with Crippen LogP contribution in [0, 0.1) is 6.92 Å². The number of carbonyl (C=O) groups is 1. The summed E-state index contributed by atoms with van der Waals surface area (Å²) >= 11 is 1.47. The zero-order valence-corrected chi connectivity index (χ0v) is 17.9. The number of hydrogen-bond donors (Lipinski definition) is 1. The molecule has 1 fully saturated rings. The fourth-order valence-electron chi connectivity index (χ4n) is 3.46. The molecule has 1 aliphatic rings. The van der Waals surface area contributed by atoms with E-state index in [0.717, 1.165) is 49.1 Å². The van der Waals surface area contributed by atoms with E-state index in [-0.39, 0.29) is 5.91 Å². The molecule has 2 aromatic carbocycles. The summed E-state index contributed by atoms with van der Waals surface area (Å²) in [7, 11) is 0. The number of nitrogens with zero attached hydrogens (tertiary/aromatic N) is 3. The quantitative estimate of drug-likeness (QED) is 0.632. The molecule has 1 aromatic heterocycles. The summed E-state index contributed by atoms with van der Waals surface area (Å²) in [6.45, 7) is 6.17. The van der Waals surface area contributed by atoms with E-state index in [1.807, 2.05) is 46.7 Å². The van der Waals surface area contributed by atoms with Gasteiger partial charge in [0.15, 0.2) is 5.13 Å². The maximum Gasteiger partial charge on any atom is 0.273 e. The molecule has 2 heterocycles. The Balaban J connectivity index is 1.28. The maximum atomic E-state index is 12.8. The molecule has 6 heteroatoms. The van der Waals surface area contributed by atoms with Gasteiger partial charge >= 0.3 is 0 Å². The van der Waals surface area contributed by atoms with Gasteiger partial charge in [0.05, 0.1) is 0 Å². The number of aromatic nitrogens is 1. The molecule has 1 aliphatic heterocycles. The summed E-state index contributed by atoms with van der Waals surface area (Å²) < 4.78 is 0. The number of nitrogens with one attached hydrogen (secondary N) is 1. The lowest BCUT2D eigenvalue weighted by Crippen LogP contribution is -2.48. The van der Waals surface area contributed by atoms with Crippen LogP contribution in [0.5, 0.6) is 0 Å². The highest BCUT2D eigenvalue weighted by Gasteiger charge is 2.23. The Bertz CT molecular complexity index is 1010. The van der Waals surface area contributed by atoms with Crippen LogP contribution in [0.15, 0.2) is 66.1 Å². The van der Waals surface area contributed by atoms with Gasteiger partial charge in [0.1, 0.15) is 5.69 Å². The van der Waals surface area contributed by atoms with Gasteiger partial charge in [0, 0.05) is 43.8 Å². The fraction of sp³-hybridized carbons (Fsp3) is 0.250. The molecule has 0 unspecified atom stereocenters. The van der Waals surface area contributed by atoms with Gasteiger partial charge in [0.2, 0.25) is 0 Å². The normalized spacial score (nSPS) is 14.9. The molecule has 154 valence electrons. The third kappa shape index (κ3) is 5.14. The minimum absolute atomic E-state index is 0.0172. The third-order valence-corrected chi connectivity index (χ3v) is 6.00. The second-order valence-electron chi connectivity index (χ2n) is 7.38. The van der Waals surface area contributed by atoms with E-state index < -0.39 is 0 Å². The van der Waals surface area contributed by atoms with Crippen molar-refractivity contribution in [2.24, 2.45) is 0 Å². The van der Waals surface area contributed by atoms with Crippen molar-refractivity contribution in [3.63, 3.8) is 0 Å². The molecule has 1 amide bonds. The Morgan fingerprint density at radius 3 is 2.57 bits per heavy atom. The number of anilines is 2. The van der Waals surface area contributed by atoms with E-state index in [0.29, 0.717) is 5.69 Å². The van der Waals surface area contributed by atoms with E-state index in [1.165, 1.54) is 16.9 Å². The molecule has 0 saturated carbocycles. The first-order valence-corrected chi connectivity index (χ1v) is 11.1. The van der Waals surface area contributed by atoms with Crippen LogP contribution in [0.2, 0.25) is 0 Å². The van der Waals surface area contributed by atoms with Crippen LogP contribution in [0.1, 0.15) is 21.6 Å². The molecule has 3 aromatic rings. The molecular formula is C24H26N4OS. The minimum Gasteiger partial charge on any atom is -0.335 e. The Morgan fingerprint density at radius 2 is 1.80 bits per heavy atom. The van der Waals surface area contributed by atoms with E-state index in [2.05, 4.69) is 52.5 Å². The van der Waals surface area contributed by atoms with Crippen molar-refractivity contribution in [3.8, 4) is 0 Å². The Labute approximate surface area is 181 Å². The number of aryl methyl sites for hydroxylation is 1. The van der Waals surface area contributed by atoms with Crippen LogP contribution < -0.4 is 5.32 Å². The summed E-state index contributed by atoms with van der Waals surface area (Å²) in [4.78, 5) is 21.6. The highest BCUT2D eigenvalue weighted by Crippen LogP contribution is 2.24. The molecule has 0 radical (unpaired) electrons. The van der Waals surface area contributed by atoms with Crippen LogP contribution in [0.25, 0.3) is 6.08 Å². The summed E-state index contributed by atoms with van der Waals surface area (Å²) in [5.41, 5.74) is 3.90. The van der Waals surface area contributed by atoms with Crippen molar-refractivity contribution in [3.05, 3.63) is 82.9 Å². The first-order valence-electron chi connectivity index (χ1n) is 10.2. The van der Waals surface area contributed by atoms with E-state index in [1.54, 1.807) is 0 Å². The van der Waals surface area contributed by atoms with E-state index in [4.69, 9.17) is 0 Å². The number of carbonyl (C=O) groups excluding carboxylic acids is 1. The van der Waals surface area contributed by atoms with E-state index >= 15 is 0 Å². The Morgan fingerprint density at radius 1 is 1.07 bits per heavy atom. The Hall–Kier alpha value is -2.96. The molecule has 0 aliphatic carbocycles. The molecule has 30 heavy (non-hydrogen) atoms. The predicted molar refractivity (Wildman–Crippen MR) is 124 cm³/mol. The van der Waals surface area contributed by atoms with Gasteiger partial charge in [-0.25, -0.2) is 4.98 Å². The van der Waals surface area contributed by atoms with Crippen molar-refractivity contribution < 1.29 is 4.79 Å². The second kappa shape index (κ2) is 9.69. The maximum absolute atomic E-state index is 12.8. The summed E-state index contributed by atoms with van der Waals surface area (Å²) in [5.74, 6) is 0.0172. The highest BCUT2D eigenvalue weighted by molar-refractivity contribution is 7.14. The lowest BCUT2D eigenvalue weighted by atomic mass is 10.2. The zero-order valence-electron chi connectivity index (χ0n) is 17.1. The van der Waals surface area contributed by atoms with Gasteiger partial charge in [0.25, 0.3) is 5.91 Å². The van der Waals surface area contributed by atoms with Crippen molar-refractivity contribution in [1.29, 1.82) is 0 Å². The standard InChI is InChI=1S/C24H26N4OS/c1-19-8-5-6-12-21(19)25-24-26-22(18-30-24)23(29)28-16-14-27(15-17-28)13-7-11-20-9-3-2-4-10-20/h2-12,18H,13-17H2,1H3,(H,25,26). The molecule has 0 atom stereocenters. The lowest BCUT2D eigenvalue weighted by Gasteiger charge is -2.33. The van der Waals surface area contributed by atoms with Gasteiger partial charge in [-0.2, -0.15) is 0 Å². The average molecular weight is 419 g/mol. The third-order valence-electron chi connectivity index (χ3n) is 5.24.